The predicted octanol–water partition coefficient (Wildman–Crippen LogP) is 11.2. The van der Waals surface area contributed by atoms with Gasteiger partial charge in [-0.25, -0.2) is 0 Å². The molecule has 192 valence electrons. The molecule has 0 aromatic heterocycles. The van der Waals surface area contributed by atoms with E-state index in [0.29, 0.717) is 0 Å². The average Bonchev–Trinajstić information content (AvgIpc) is 3.13. The maximum absolute atomic E-state index is 2.69. The lowest BCUT2D eigenvalue weighted by atomic mass is 9.80. The van der Waals surface area contributed by atoms with Crippen LogP contribution >= 0.6 is 0 Å². The van der Waals surface area contributed by atoms with Crippen molar-refractivity contribution in [2.24, 2.45) is 29.6 Å². The van der Waals surface area contributed by atoms with Gasteiger partial charge < -0.3 is 0 Å². The van der Waals surface area contributed by atoms with E-state index < -0.39 is 0 Å². The molecule has 0 saturated heterocycles. The lowest BCUT2D eigenvalue weighted by Gasteiger charge is -2.25. The summed E-state index contributed by atoms with van der Waals surface area (Å²) in [7, 11) is 0. The molecule has 1 saturated carbocycles. The summed E-state index contributed by atoms with van der Waals surface area (Å²) in [6.07, 6.45) is 40.8. The smallest absolute Gasteiger partial charge is 0.00955 e. The van der Waals surface area contributed by atoms with E-state index in [9.17, 15) is 0 Å². The van der Waals surface area contributed by atoms with Crippen LogP contribution in [-0.4, -0.2) is 0 Å². The third-order valence-corrected chi connectivity index (χ3v) is 9.06. The highest BCUT2D eigenvalue weighted by atomic mass is 14.5. The first-order valence-electron chi connectivity index (χ1n) is 15.5. The standard InChI is InChI=1S/C34H56/c1-4-6-8-10-12-14-16-18-20-29-22-24-31-32-25-23-30(27-34(32)28(3)33(31)26-29)21-19-17-15-13-11-9-7-5-2/h22-28,31-34H,4-21H2,1-3H3. The molecular formula is C34H56. The van der Waals surface area contributed by atoms with Crippen LogP contribution in [0.15, 0.2) is 47.6 Å². The molecule has 0 heteroatoms. The van der Waals surface area contributed by atoms with Gasteiger partial charge in [0.2, 0.25) is 0 Å². The second-order valence-electron chi connectivity index (χ2n) is 11.8. The Morgan fingerprint density at radius 3 is 1.21 bits per heavy atom. The van der Waals surface area contributed by atoms with Crippen LogP contribution in [-0.2, 0) is 0 Å². The summed E-state index contributed by atoms with van der Waals surface area (Å²) in [6, 6.07) is 0. The van der Waals surface area contributed by atoms with Gasteiger partial charge in [-0.2, -0.15) is 0 Å². The van der Waals surface area contributed by atoms with Gasteiger partial charge in [-0.05, 0) is 55.3 Å². The van der Waals surface area contributed by atoms with Gasteiger partial charge >= 0.3 is 0 Å². The number of unbranched alkanes of at least 4 members (excludes halogenated alkanes) is 14. The molecule has 3 rings (SSSR count). The van der Waals surface area contributed by atoms with Crippen molar-refractivity contribution in [3.8, 4) is 0 Å². The van der Waals surface area contributed by atoms with Crippen molar-refractivity contribution in [3.05, 3.63) is 47.6 Å². The molecule has 0 N–H and O–H groups in total. The van der Waals surface area contributed by atoms with Gasteiger partial charge in [0.15, 0.2) is 0 Å². The van der Waals surface area contributed by atoms with Crippen LogP contribution in [0.1, 0.15) is 136 Å². The molecule has 0 aliphatic heterocycles. The Morgan fingerprint density at radius 1 is 0.471 bits per heavy atom. The van der Waals surface area contributed by atoms with E-state index in [1.807, 2.05) is 0 Å². The Bertz CT molecular complexity index is 616. The van der Waals surface area contributed by atoms with E-state index in [1.165, 1.54) is 116 Å². The summed E-state index contributed by atoms with van der Waals surface area (Å²) in [5.74, 6) is 3.77. The fourth-order valence-corrected chi connectivity index (χ4v) is 6.84. The van der Waals surface area contributed by atoms with E-state index in [1.54, 1.807) is 11.1 Å². The van der Waals surface area contributed by atoms with Crippen LogP contribution < -0.4 is 0 Å². The molecule has 0 nitrogen and oxygen atoms in total. The molecule has 3 aliphatic rings. The van der Waals surface area contributed by atoms with Crippen LogP contribution in [0.4, 0.5) is 0 Å². The highest BCUT2D eigenvalue weighted by Crippen LogP contribution is 2.52. The molecule has 0 radical (unpaired) electrons. The van der Waals surface area contributed by atoms with Crippen molar-refractivity contribution in [3.63, 3.8) is 0 Å². The third kappa shape index (κ3) is 8.57. The first-order valence-corrected chi connectivity index (χ1v) is 15.5. The second kappa shape index (κ2) is 15.9. The zero-order chi connectivity index (χ0) is 24.0. The molecule has 0 amide bonds. The Labute approximate surface area is 213 Å². The normalized spacial score (nSPS) is 27.4. The maximum Gasteiger partial charge on any atom is -0.00955 e. The zero-order valence-corrected chi connectivity index (χ0v) is 23.1. The van der Waals surface area contributed by atoms with Gasteiger partial charge in [0.1, 0.15) is 0 Å². The minimum Gasteiger partial charge on any atom is -0.0799 e. The highest BCUT2D eigenvalue weighted by molar-refractivity contribution is 5.35. The Balaban J connectivity index is 1.37. The summed E-state index contributed by atoms with van der Waals surface area (Å²) >= 11 is 0. The van der Waals surface area contributed by atoms with Crippen molar-refractivity contribution in [1.82, 2.24) is 0 Å². The predicted molar refractivity (Wildman–Crippen MR) is 152 cm³/mol. The number of hydrogen-bond donors (Lipinski definition) is 0. The summed E-state index contributed by atoms with van der Waals surface area (Å²) in [5.41, 5.74) is 3.26. The van der Waals surface area contributed by atoms with Gasteiger partial charge in [-0.15, -0.1) is 0 Å². The van der Waals surface area contributed by atoms with Gasteiger partial charge in [-0.3, -0.25) is 0 Å². The van der Waals surface area contributed by atoms with Crippen LogP contribution in [0.25, 0.3) is 0 Å². The summed E-state index contributed by atoms with van der Waals surface area (Å²) < 4.78 is 0. The minimum absolute atomic E-state index is 0.736. The van der Waals surface area contributed by atoms with E-state index in [0.717, 1.165) is 29.6 Å². The molecule has 34 heavy (non-hydrogen) atoms. The van der Waals surface area contributed by atoms with Crippen molar-refractivity contribution in [1.29, 1.82) is 0 Å². The van der Waals surface area contributed by atoms with Crippen LogP contribution in [0.5, 0.6) is 0 Å². The molecule has 3 aliphatic carbocycles. The van der Waals surface area contributed by atoms with E-state index >= 15 is 0 Å². The molecule has 0 aromatic carbocycles. The summed E-state index contributed by atoms with van der Waals surface area (Å²) in [4.78, 5) is 0. The first-order chi connectivity index (χ1) is 16.7. The van der Waals surface area contributed by atoms with Gasteiger partial charge in [0.25, 0.3) is 0 Å². The summed E-state index contributed by atoms with van der Waals surface area (Å²) in [5, 5.41) is 0. The van der Waals surface area contributed by atoms with Gasteiger partial charge in [0, 0.05) is 0 Å². The molecule has 4 unspecified atom stereocenters. The van der Waals surface area contributed by atoms with Gasteiger partial charge in [0.05, 0.1) is 0 Å². The molecular weight excluding hydrogens is 408 g/mol. The lowest BCUT2D eigenvalue weighted by molar-refractivity contribution is 0.410. The number of fused-ring (bicyclic) bond motifs is 3. The fourth-order valence-electron chi connectivity index (χ4n) is 6.84. The molecule has 0 spiro atoms. The largest absolute Gasteiger partial charge is 0.0799 e. The van der Waals surface area contributed by atoms with Crippen molar-refractivity contribution in [2.75, 3.05) is 0 Å². The SMILES string of the molecule is CCCCCCCCCCC1=CC2C(C)C3C=C(CCCCCCCCCC)C=CC3C2C=C1. The topological polar surface area (TPSA) is 0 Å². The molecule has 0 aromatic rings. The Hall–Kier alpha value is -1.04. The molecule has 0 bridgehead atoms. The molecule has 4 atom stereocenters. The molecule has 0 heterocycles. The van der Waals surface area contributed by atoms with E-state index in [4.69, 9.17) is 0 Å². The van der Waals surface area contributed by atoms with Crippen LogP contribution in [0.3, 0.4) is 0 Å². The van der Waals surface area contributed by atoms with Crippen molar-refractivity contribution in [2.45, 2.75) is 136 Å². The highest BCUT2D eigenvalue weighted by Gasteiger charge is 2.45. The van der Waals surface area contributed by atoms with Crippen LogP contribution in [0, 0.1) is 29.6 Å². The second-order valence-corrected chi connectivity index (χ2v) is 11.8. The van der Waals surface area contributed by atoms with E-state index in [2.05, 4.69) is 57.2 Å². The number of allylic oxidation sites excluding steroid dienone is 8. The Morgan fingerprint density at radius 2 is 0.824 bits per heavy atom. The minimum atomic E-state index is 0.736. The monoisotopic (exact) mass is 464 g/mol. The Kier molecular flexibility index (Phi) is 12.8. The average molecular weight is 465 g/mol. The fraction of sp³-hybridized carbons (Fsp3) is 0.765. The van der Waals surface area contributed by atoms with E-state index in [-0.39, 0.29) is 0 Å². The summed E-state index contributed by atoms with van der Waals surface area (Å²) in [6.45, 7) is 7.15. The van der Waals surface area contributed by atoms with Crippen molar-refractivity contribution < 1.29 is 0 Å². The van der Waals surface area contributed by atoms with Gasteiger partial charge in [-0.1, -0.05) is 158 Å². The molecule has 1 fully saturated rings. The quantitative estimate of drug-likeness (QED) is 0.177. The lowest BCUT2D eigenvalue weighted by Crippen LogP contribution is -2.16. The zero-order valence-electron chi connectivity index (χ0n) is 23.1. The number of rotatable bonds is 18. The van der Waals surface area contributed by atoms with Crippen LogP contribution in [0.2, 0.25) is 0 Å². The third-order valence-electron chi connectivity index (χ3n) is 9.06. The first kappa shape index (κ1) is 27.5. The maximum atomic E-state index is 2.69. The number of hydrogen-bond acceptors (Lipinski definition) is 0. The van der Waals surface area contributed by atoms with Crippen molar-refractivity contribution >= 4 is 0 Å².